The number of aliphatic hydroxyl groups excluding tert-OH is 1. The molecule has 3 heterocycles. The lowest BCUT2D eigenvalue weighted by Crippen LogP contribution is -2.33. The Morgan fingerprint density at radius 2 is 2.17 bits per heavy atom. The Morgan fingerprint density at radius 3 is 2.97 bits per heavy atom. The minimum Gasteiger partial charge on any atom is -0.395 e. The smallest absolute Gasteiger partial charge is 0.293 e. The van der Waals surface area contributed by atoms with Crippen molar-refractivity contribution in [1.29, 1.82) is 0 Å². The number of thiophene rings is 1. The van der Waals surface area contributed by atoms with Crippen LogP contribution >= 0.6 is 11.3 Å². The molecule has 0 aliphatic heterocycles. The van der Waals surface area contributed by atoms with Crippen molar-refractivity contribution in [2.24, 2.45) is 0 Å². The molecule has 0 spiro atoms. The summed E-state index contributed by atoms with van der Waals surface area (Å²) in [5.41, 5.74) is 3.01. The average molecular weight is 422 g/mol. The topological polar surface area (TPSA) is 83.6 Å². The Morgan fingerprint density at radius 1 is 1.33 bits per heavy atom. The number of aliphatic hydroxyl groups is 1. The zero-order valence-corrected chi connectivity index (χ0v) is 17.6. The van der Waals surface area contributed by atoms with Gasteiger partial charge in [0.1, 0.15) is 11.2 Å². The van der Waals surface area contributed by atoms with Gasteiger partial charge < -0.3 is 10.0 Å². The van der Waals surface area contributed by atoms with Gasteiger partial charge in [-0.05, 0) is 36.3 Å². The third kappa shape index (κ3) is 3.26. The van der Waals surface area contributed by atoms with E-state index in [-0.39, 0.29) is 24.9 Å². The van der Waals surface area contributed by atoms with Crippen molar-refractivity contribution in [3.63, 3.8) is 0 Å². The Kier molecular flexibility index (Phi) is 4.96. The van der Waals surface area contributed by atoms with Gasteiger partial charge in [-0.3, -0.25) is 4.79 Å². The monoisotopic (exact) mass is 421 g/mol. The third-order valence-corrected chi connectivity index (χ3v) is 6.91. The van der Waals surface area contributed by atoms with Crippen LogP contribution in [0.5, 0.6) is 0 Å². The summed E-state index contributed by atoms with van der Waals surface area (Å²) in [7, 11) is 0. The first-order valence-electron chi connectivity index (χ1n) is 10.3. The fourth-order valence-corrected chi connectivity index (χ4v) is 5.59. The summed E-state index contributed by atoms with van der Waals surface area (Å²) in [6, 6.07) is 9.72. The van der Waals surface area contributed by atoms with E-state index in [9.17, 15) is 9.90 Å². The highest BCUT2D eigenvalue weighted by molar-refractivity contribution is 7.19. The zero-order valence-electron chi connectivity index (χ0n) is 16.8. The summed E-state index contributed by atoms with van der Waals surface area (Å²) in [5.74, 6) is 0.300. The van der Waals surface area contributed by atoms with E-state index in [2.05, 4.69) is 22.0 Å². The van der Waals surface area contributed by atoms with Gasteiger partial charge in [0.2, 0.25) is 5.82 Å². The summed E-state index contributed by atoms with van der Waals surface area (Å²) in [4.78, 5) is 26.4. The predicted octanol–water partition coefficient (Wildman–Crippen LogP) is 3.41. The number of hydrogen-bond acceptors (Lipinski definition) is 6. The predicted molar refractivity (Wildman–Crippen MR) is 116 cm³/mol. The number of hydrogen-bond donors (Lipinski definition) is 1. The van der Waals surface area contributed by atoms with Crippen LogP contribution in [0.15, 0.2) is 36.7 Å². The fourth-order valence-electron chi connectivity index (χ4n) is 4.29. The number of aromatic nitrogens is 4. The SMILES string of the molecule is C[C@@H]1CCCc2sc3ncn4nc(C(=O)N(CCO)Cc5ccccc5)nc4c3c21. The number of amides is 1. The van der Waals surface area contributed by atoms with Crippen molar-refractivity contribution < 1.29 is 9.90 Å². The van der Waals surface area contributed by atoms with Crippen LogP contribution in [0.3, 0.4) is 0 Å². The van der Waals surface area contributed by atoms with E-state index in [1.165, 1.54) is 16.9 Å². The van der Waals surface area contributed by atoms with Crippen molar-refractivity contribution in [1.82, 2.24) is 24.5 Å². The lowest BCUT2D eigenvalue weighted by Gasteiger charge is -2.20. The molecule has 1 amide bonds. The van der Waals surface area contributed by atoms with Gasteiger partial charge in [-0.2, -0.15) is 0 Å². The number of nitrogens with zero attached hydrogens (tertiary/aromatic N) is 5. The molecule has 30 heavy (non-hydrogen) atoms. The maximum atomic E-state index is 13.2. The molecule has 1 aromatic carbocycles. The number of carbonyl (C=O) groups excluding carboxylic acids is 1. The van der Waals surface area contributed by atoms with Crippen molar-refractivity contribution in [2.75, 3.05) is 13.2 Å². The molecular formula is C22H23N5O2S. The highest BCUT2D eigenvalue weighted by atomic mass is 32.1. The second kappa shape index (κ2) is 7.77. The standard InChI is InChI=1S/C22H23N5O2S/c1-14-6-5-9-16-17(14)18-20-24-19(25-27(20)13-23-21(18)30-16)22(29)26(10-11-28)12-15-7-3-2-4-8-15/h2-4,7-8,13-14,28H,5-6,9-12H2,1H3/t14-/m1/s1. The quantitative estimate of drug-likeness (QED) is 0.534. The van der Waals surface area contributed by atoms with E-state index in [4.69, 9.17) is 0 Å². The lowest BCUT2D eigenvalue weighted by atomic mass is 9.87. The molecule has 0 unspecified atom stereocenters. The second-order valence-electron chi connectivity index (χ2n) is 7.80. The minimum atomic E-state index is -0.290. The summed E-state index contributed by atoms with van der Waals surface area (Å²) in [5, 5.41) is 14.9. The maximum absolute atomic E-state index is 13.2. The van der Waals surface area contributed by atoms with Crippen LogP contribution in [0.2, 0.25) is 0 Å². The summed E-state index contributed by atoms with van der Waals surface area (Å²) in [6.45, 7) is 2.75. The molecule has 1 atom stereocenters. The number of benzene rings is 1. The molecule has 4 aromatic rings. The normalized spacial score (nSPS) is 16.1. The maximum Gasteiger partial charge on any atom is 0.293 e. The van der Waals surface area contributed by atoms with Crippen LogP contribution in [0.25, 0.3) is 15.9 Å². The Bertz CT molecular complexity index is 1220. The summed E-state index contributed by atoms with van der Waals surface area (Å²) >= 11 is 1.73. The van der Waals surface area contributed by atoms with Gasteiger partial charge in [-0.1, -0.05) is 37.3 Å². The summed E-state index contributed by atoms with van der Waals surface area (Å²) in [6.07, 6.45) is 5.07. The van der Waals surface area contributed by atoms with Crippen molar-refractivity contribution in [3.8, 4) is 0 Å². The molecule has 154 valence electrons. The number of rotatable bonds is 5. The van der Waals surface area contributed by atoms with E-state index in [1.54, 1.807) is 27.1 Å². The molecule has 1 aliphatic carbocycles. The molecule has 0 saturated heterocycles. The molecule has 0 radical (unpaired) electrons. The molecule has 1 aliphatic rings. The van der Waals surface area contributed by atoms with Crippen LogP contribution in [-0.2, 0) is 13.0 Å². The van der Waals surface area contributed by atoms with Crippen molar-refractivity contribution in [2.45, 2.75) is 38.6 Å². The van der Waals surface area contributed by atoms with E-state index in [0.717, 1.165) is 28.6 Å². The average Bonchev–Trinajstić information content (AvgIpc) is 3.35. The first kappa shape index (κ1) is 19.1. The number of fused-ring (bicyclic) bond motifs is 5. The Balaban J connectivity index is 1.56. The van der Waals surface area contributed by atoms with Crippen LogP contribution < -0.4 is 0 Å². The Hall–Kier alpha value is -2.84. The molecule has 3 aromatic heterocycles. The van der Waals surface area contributed by atoms with Gasteiger partial charge in [0.15, 0.2) is 5.65 Å². The van der Waals surface area contributed by atoms with Gasteiger partial charge in [0, 0.05) is 18.0 Å². The molecule has 0 fully saturated rings. The molecule has 0 bridgehead atoms. The van der Waals surface area contributed by atoms with E-state index in [0.29, 0.717) is 18.1 Å². The fraction of sp³-hybridized carbons (Fsp3) is 0.364. The summed E-state index contributed by atoms with van der Waals surface area (Å²) < 4.78 is 1.61. The van der Waals surface area contributed by atoms with Crippen LogP contribution in [0.1, 0.15) is 52.3 Å². The van der Waals surface area contributed by atoms with E-state index < -0.39 is 0 Å². The highest BCUT2D eigenvalue weighted by Gasteiger charge is 2.27. The van der Waals surface area contributed by atoms with E-state index >= 15 is 0 Å². The van der Waals surface area contributed by atoms with Crippen molar-refractivity contribution >= 4 is 33.1 Å². The first-order chi connectivity index (χ1) is 14.7. The zero-order chi connectivity index (χ0) is 20.7. The second-order valence-corrected chi connectivity index (χ2v) is 8.88. The van der Waals surface area contributed by atoms with Gasteiger partial charge in [-0.25, -0.2) is 14.5 Å². The van der Waals surface area contributed by atoms with Gasteiger partial charge in [-0.15, -0.1) is 16.4 Å². The largest absolute Gasteiger partial charge is 0.395 e. The number of carbonyl (C=O) groups is 1. The molecule has 0 saturated carbocycles. The molecule has 7 nitrogen and oxygen atoms in total. The highest BCUT2D eigenvalue weighted by Crippen LogP contribution is 2.42. The minimum absolute atomic E-state index is 0.118. The van der Waals surface area contributed by atoms with Gasteiger partial charge in [0.25, 0.3) is 5.91 Å². The molecular weight excluding hydrogens is 398 g/mol. The van der Waals surface area contributed by atoms with Crippen molar-refractivity contribution in [3.05, 3.63) is 58.5 Å². The van der Waals surface area contributed by atoms with Crippen LogP contribution in [0, 0.1) is 0 Å². The lowest BCUT2D eigenvalue weighted by molar-refractivity contribution is 0.0696. The first-order valence-corrected chi connectivity index (χ1v) is 11.1. The number of aryl methyl sites for hydroxylation is 1. The Labute approximate surface area is 178 Å². The third-order valence-electron chi connectivity index (χ3n) is 5.74. The van der Waals surface area contributed by atoms with Crippen LogP contribution in [-0.4, -0.2) is 48.6 Å². The molecule has 8 heteroatoms. The van der Waals surface area contributed by atoms with E-state index in [1.807, 2.05) is 30.3 Å². The van der Waals surface area contributed by atoms with Gasteiger partial charge >= 0.3 is 0 Å². The van der Waals surface area contributed by atoms with Gasteiger partial charge in [0.05, 0.1) is 12.0 Å². The molecule has 1 N–H and O–H groups in total. The molecule has 5 rings (SSSR count). The van der Waals surface area contributed by atoms with Crippen LogP contribution in [0.4, 0.5) is 0 Å².